The van der Waals surface area contributed by atoms with E-state index in [1.807, 2.05) is 35.6 Å². The van der Waals surface area contributed by atoms with Gasteiger partial charge in [-0.1, -0.05) is 12.1 Å². The summed E-state index contributed by atoms with van der Waals surface area (Å²) in [5, 5.41) is 1.28. The van der Waals surface area contributed by atoms with Crippen molar-refractivity contribution in [3.63, 3.8) is 0 Å². The summed E-state index contributed by atoms with van der Waals surface area (Å²) in [5.41, 5.74) is 1.13. The third-order valence-electron chi connectivity index (χ3n) is 5.09. The van der Waals surface area contributed by atoms with E-state index in [9.17, 15) is 0 Å². The first kappa shape index (κ1) is 17.3. The largest absolute Gasteiger partial charge is 0.497 e. The van der Waals surface area contributed by atoms with Gasteiger partial charge < -0.3 is 14.4 Å². The van der Waals surface area contributed by atoms with Crippen LogP contribution in [0.3, 0.4) is 0 Å². The highest BCUT2D eigenvalue weighted by atomic mass is 32.1. The number of benzene rings is 2. The number of likely N-dealkylation sites (tertiary alicyclic amines) is 1. The van der Waals surface area contributed by atoms with Gasteiger partial charge in [-0.2, -0.15) is 0 Å². The number of ether oxygens (including phenoxy) is 2. The standard InChI is InChI=1S/C21H24N2O2S/c1-24-16-9-11-17(12-10-16)25-15-14-23-13-5-4-7-19(23)21-22-18-6-2-3-8-20(18)26-21/h2-3,6,8-12,19H,4-5,7,13-15H2,1H3/p+1/t19-/m1/s1. The molecule has 1 fully saturated rings. The first-order valence-corrected chi connectivity index (χ1v) is 10.1. The zero-order chi connectivity index (χ0) is 17.8. The van der Waals surface area contributed by atoms with Gasteiger partial charge in [0.2, 0.25) is 0 Å². The number of thiazole rings is 1. The molecule has 3 aromatic rings. The minimum absolute atomic E-state index is 0.501. The molecule has 2 aromatic carbocycles. The quantitative estimate of drug-likeness (QED) is 0.722. The molecule has 136 valence electrons. The first-order valence-electron chi connectivity index (χ1n) is 9.30. The molecule has 0 aliphatic carbocycles. The van der Waals surface area contributed by atoms with Gasteiger partial charge in [-0.3, -0.25) is 0 Å². The average molecular weight is 370 g/mol. The lowest BCUT2D eigenvalue weighted by Gasteiger charge is -2.31. The SMILES string of the molecule is COc1ccc(OCC[NH+]2CCCC[C@@H]2c2nc3ccccc3s2)cc1. The summed E-state index contributed by atoms with van der Waals surface area (Å²) in [4.78, 5) is 6.52. The van der Waals surface area contributed by atoms with Crippen LogP contribution in [0.1, 0.15) is 30.3 Å². The van der Waals surface area contributed by atoms with E-state index in [2.05, 4.69) is 24.3 Å². The highest BCUT2D eigenvalue weighted by molar-refractivity contribution is 7.18. The van der Waals surface area contributed by atoms with E-state index in [1.165, 1.54) is 35.5 Å². The smallest absolute Gasteiger partial charge is 0.151 e. The number of nitrogens with zero attached hydrogens (tertiary/aromatic N) is 1. The second-order valence-electron chi connectivity index (χ2n) is 6.75. The second-order valence-corrected chi connectivity index (χ2v) is 7.81. The van der Waals surface area contributed by atoms with Gasteiger partial charge in [0.15, 0.2) is 5.01 Å². The van der Waals surface area contributed by atoms with E-state index < -0.39 is 0 Å². The normalized spacial score (nSPS) is 20.2. The van der Waals surface area contributed by atoms with E-state index in [0.29, 0.717) is 6.04 Å². The number of para-hydroxylation sites is 1. The minimum Gasteiger partial charge on any atom is -0.497 e. The van der Waals surface area contributed by atoms with Crippen LogP contribution in [-0.2, 0) is 0 Å². The minimum atomic E-state index is 0.501. The van der Waals surface area contributed by atoms with Crippen molar-refractivity contribution in [1.82, 2.24) is 4.98 Å². The highest BCUT2D eigenvalue weighted by Crippen LogP contribution is 2.28. The fraction of sp³-hybridized carbons (Fsp3) is 0.381. The number of fused-ring (bicyclic) bond motifs is 1. The Balaban J connectivity index is 1.40. The molecule has 1 aromatic heterocycles. The van der Waals surface area contributed by atoms with Crippen molar-refractivity contribution in [2.75, 3.05) is 26.8 Å². The van der Waals surface area contributed by atoms with Gasteiger partial charge in [0.05, 0.1) is 23.9 Å². The summed E-state index contributed by atoms with van der Waals surface area (Å²) in [7, 11) is 1.68. The zero-order valence-electron chi connectivity index (χ0n) is 15.1. The maximum atomic E-state index is 5.96. The molecule has 0 spiro atoms. The predicted octanol–water partition coefficient (Wildman–Crippen LogP) is 3.49. The second kappa shape index (κ2) is 8.06. The topological polar surface area (TPSA) is 35.8 Å². The van der Waals surface area contributed by atoms with E-state index in [4.69, 9.17) is 14.5 Å². The summed E-state index contributed by atoms with van der Waals surface area (Å²) < 4.78 is 12.4. The van der Waals surface area contributed by atoms with E-state index in [1.54, 1.807) is 12.0 Å². The Labute approximate surface area is 158 Å². The number of rotatable bonds is 6. The highest BCUT2D eigenvalue weighted by Gasteiger charge is 2.30. The molecule has 1 saturated heterocycles. The average Bonchev–Trinajstić information content (AvgIpc) is 3.13. The van der Waals surface area contributed by atoms with Crippen molar-refractivity contribution in [3.05, 3.63) is 53.5 Å². The van der Waals surface area contributed by atoms with Crippen LogP contribution in [0.5, 0.6) is 11.5 Å². The lowest BCUT2D eigenvalue weighted by atomic mass is 10.0. The van der Waals surface area contributed by atoms with E-state index >= 15 is 0 Å². The predicted molar refractivity (Wildman–Crippen MR) is 105 cm³/mol. The van der Waals surface area contributed by atoms with Gasteiger partial charge in [0.25, 0.3) is 0 Å². The Morgan fingerprint density at radius 2 is 1.88 bits per heavy atom. The van der Waals surface area contributed by atoms with Crippen LogP contribution in [-0.4, -0.2) is 31.8 Å². The zero-order valence-corrected chi connectivity index (χ0v) is 15.9. The van der Waals surface area contributed by atoms with Gasteiger partial charge in [0.1, 0.15) is 30.7 Å². The van der Waals surface area contributed by atoms with Crippen molar-refractivity contribution in [2.24, 2.45) is 0 Å². The van der Waals surface area contributed by atoms with Crippen LogP contribution in [0.4, 0.5) is 0 Å². The van der Waals surface area contributed by atoms with E-state index in [0.717, 1.165) is 30.2 Å². The van der Waals surface area contributed by atoms with Gasteiger partial charge in [-0.05, 0) is 49.2 Å². The molecule has 4 rings (SSSR count). The van der Waals surface area contributed by atoms with Gasteiger partial charge in [0, 0.05) is 6.42 Å². The van der Waals surface area contributed by atoms with Crippen LogP contribution < -0.4 is 14.4 Å². The summed E-state index contributed by atoms with van der Waals surface area (Å²) >= 11 is 1.85. The Bertz CT molecular complexity index is 814. The lowest BCUT2D eigenvalue weighted by Crippen LogP contribution is -3.13. The molecular formula is C21H25N2O2S+. The monoisotopic (exact) mass is 369 g/mol. The van der Waals surface area contributed by atoms with Crippen LogP contribution in [0.25, 0.3) is 10.2 Å². The third-order valence-corrected chi connectivity index (χ3v) is 6.24. The van der Waals surface area contributed by atoms with Crippen LogP contribution in [0.15, 0.2) is 48.5 Å². The van der Waals surface area contributed by atoms with Crippen LogP contribution in [0.2, 0.25) is 0 Å². The summed E-state index contributed by atoms with van der Waals surface area (Å²) in [6.07, 6.45) is 3.81. The molecule has 0 radical (unpaired) electrons. The Morgan fingerprint density at radius 1 is 1.08 bits per heavy atom. The fourth-order valence-corrected chi connectivity index (χ4v) is 4.85. The van der Waals surface area contributed by atoms with E-state index in [-0.39, 0.29) is 0 Å². The first-order chi connectivity index (χ1) is 12.8. The van der Waals surface area contributed by atoms with Gasteiger partial charge in [-0.15, -0.1) is 11.3 Å². The number of nitrogens with one attached hydrogen (secondary N) is 1. The number of aromatic nitrogens is 1. The Hall–Kier alpha value is -2.11. The molecule has 0 bridgehead atoms. The summed E-state index contributed by atoms with van der Waals surface area (Å²) in [5.74, 6) is 1.76. The van der Waals surface area contributed by atoms with Gasteiger partial charge in [-0.25, -0.2) is 4.98 Å². The van der Waals surface area contributed by atoms with Crippen LogP contribution in [0, 0.1) is 0 Å². The van der Waals surface area contributed by atoms with Crippen molar-refractivity contribution >= 4 is 21.6 Å². The molecule has 1 aliphatic rings. The Kier molecular flexibility index (Phi) is 5.37. The van der Waals surface area contributed by atoms with Crippen LogP contribution >= 0.6 is 11.3 Å². The molecular weight excluding hydrogens is 344 g/mol. The summed E-state index contributed by atoms with van der Waals surface area (Å²) in [6, 6.07) is 16.8. The number of methoxy groups -OCH3 is 1. The number of hydrogen-bond donors (Lipinski definition) is 1. The molecule has 4 nitrogen and oxygen atoms in total. The maximum Gasteiger partial charge on any atom is 0.151 e. The van der Waals surface area contributed by atoms with Crippen molar-refractivity contribution < 1.29 is 14.4 Å². The molecule has 5 heteroatoms. The number of hydrogen-bond acceptors (Lipinski definition) is 4. The number of piperidine rings is 1. The third kappa shape index (κ3) is 3.84. The molecule has 0 saturated carbocycles. The maximum absolute atomic E-state index is 5.96. The fourth-order valence-electron chi connectivity index (χ4n) is 3.69. The van der Waals surface area contributed by atoms with Gasteiger partial charge >= 0.3 is 0 Å². The Morgan fingerprint density at radius 3 is 2.69 bits per heavy atom. The van der Waals surface area contributed by atoms with Crippen molar-refractivity contribution in [2.45, 2.75) is 25.3 Å². The molecule has 1 N–H and O–H groups in total. The molecule has 0 amide bonds. The molecule has 1 unspecified atom stereocenters. The molecule has 2 heterocycles. The van der Waals surface area contributed by atoms with Crippen molar-refractivity contribution in [3.8, 4) is 11.5 Å². The number of quaternary nitrogens is 1. The molecule has 1 aliphatic heterocycles. The summed E-state index contributed by atoms with van der Waals surface area (Å²) in [6.45, 7) is 2.93. The molecule has 2 atom stereocenters. The molecule has 26 heavy (non-hydrogen) atoms. The van der Waals surface area contributed by atoms with Crippen molar-refractivity contribution in [1.29, 1.82) is 0 Å². The lowest BCUT2D eigenvalue weighted by molar-refractivity contribution is -0.937.